The van der Waals surface area contributed by atoms with E-state index < -0.39 is 0 Å². The second kappa shape index (κ2) is 8.08. The Labute approximate surface area is 124 Å². The first kappa shape index (κ1) is 16.7. The molecule has 1 rings (SSSR count). The Kier molecular flexibility index (Phi) is 6.77. The summed E-state index contributed by atoms with van der Waals surface area (Å²) in [7, 11) is 0. The smallest absolute Gasteiger partial charge is 0.225 e. The van der Waals surface area contributed by atoms with Crippen molar-refractivity contribution in [3.05, 3.63) is 35.9 Å². The number of nitrogens with zero attached hydrogens (tertiary/aromatic N) is 1. The van der Waals surface area contributed by atoms with Crippen molar-refractivity contribution >= 4 is 5.91 Å². The quantitative estimate of drug-likeness (QED) is 0.708. The van der Waals surface area contributed by atoms with Crippen molar-refractivity contribution in [2.45, 2.75) is 53.5 Å². The van der Waals surface area contributed by atoms with E-state index in [4.69, 9.17) is 0 Å². The van der Waals surface area contributed by atoms with Crippen LogP contribution in [0.3, 0.4) is 0 Å². The van der Waals surface area contributed by atoms with E-state index in [1.165, 1.54) is 5.56 Å². The van der Waals surface area contributed by atoms with Crippen LogP contribution < -0.4 is 0 Å². The molecule has 1 unspecified atom stereocenters. The molecule has 0 aliphatic heterocycles. The molecule has 112 valence electrons. The minimum Gasteiger partial charge on any atom is -0.335 e. The van der Waals surface area contributed by atoms with Crippen molar-refractivity contribution in [3.8, 4) is 0 Å². The third-order valence-corrected chi connectivity index (χ3v) is 4.27. The highest BCUT2D eigenvalue weighted by atomic mass is 16.2. The first-order valence-electron chi connectivity index (χ1n) is 7.86. The molecule has 0 saturated carbocycles. The molecule has 0 aromatic heterocycles. The lowest BCUT2D eigenvalue weighted by molar-refractivity contribution is -0.138. The van der Waals surface area contributed by atoms with Gasteiger partial charge in [0.05, 0.1) is 6.04 Å². The third-order valence-electron chi connectivity index (χ3n) is 4.27. The molecule has 0 radical (unpaired) electrons. The predicted molar refractivity (Wildman–Crippen MR) is 85.5 cm³/mol. The van der Waals surface area contributed by atoms with E-state index in [0.29, 0.717) is 5.92 Å². The molecule has 1 aromatic carbocycles. The maximum absolute atomic E-state index is 12.7. The molecule has 0 spiro atoms. The molecule has 2 heteroatoms. The Hall–Kier alpha value is -1.31. The Morgan fingerprint density at radius 2 is 1.65 bits per heavy atom. The molecular formula is C18H29NO. The van der Waals surface area contributed by atoms with Crippen LogP contribution >= 0.6 is 0 Å². The summed E-state index contributed by atoms with van der Waals surface area (Å²) in [5, 5.41) is 0. The van der Waals surface area contributed by atoms with Crippen molar-refractivity contribution in [2.24, 2.45) is 11.8 Å². The summed E-state index contributed by atoms with van der Waals surface area (Å²) in [4.78, 5) is 14.7. The zero-order chi connectivity index (χ0) is 15.1. The number of hydrogen-bond donors (Lipinski definition) is 0. The number of hydrogen-bond acceptors (Lipinski definition) is 1. The number of benzene rings is 1. The summed E-state index contributed by atoms with van der Waals surface area (Å²) in [6, 6.07) is 10.5. The van der Waals surface area contributed by atoms with Gasteiger partial charge in [0.2, 0.25) is 5.91 Å². The molecule has 0 heterocycles. The summed E-state index contributed by atoms with van der Waals surface area (Å²) in [6.45, 7) is 11.5. The van der Waals surface area contributed by atoms with Crippen molar-refractivity contribution in [1.29, 1.82) is 0 Å². The maximum Gasteiger partial charge on any atom is 0.225 e. The molecule has 1 aromatic rings. The molecule has 0 saturated heterocycles. The van der Waals surface area contributed by atoms with Gasteiger partial charge in [-0.3, -0.25) is 4.79 Å². The highest BCUT2D eigenvalue weighted by Gasteiger charge is 2.25. The normalized spacial score (nSPS) is 15.4. The fraction of sp³-hybridized carbons (Fsp3) is 0.611. The number of rotatable bonds is 7. The van der Waals surface area contributed by atoms with Crippen molar-refractivity contribution in [3.63, 3.8) is 0 Å². The zero-order valence-corrected chi connectivity index (χ0v) is 13.6. The molecule has 0 aliphatic carbocycles. The van der Waals surface area contributed by atoms with Gasteiger partial charge in [-0.2, -0.15) is 0 Å². The number of carbonyl (C=O) groups excluding carboxylic acids is 1. The fourth-order valence-corrected chi connectivity index (χ4v) is 2.27. The molecule has 2 nitrogen and oxygen atoms in total. The standard InChI is InChI=1S/C18H29NO/c1-6-14(3)13-19(18(20)15(4)7-2)16(5)17-11-9-8-10-12-17/h8-12,14-16H,6-7,13H2,1-5H3/t14?,15-,16+/m0/s1. The van der Waals surface area contributed by atoms with Gasteiger partial charge in [-0.15, -0.1) is 0 Å². The monoisotopic (exact) mass is 275 g/mol. The van der Waals surface area contributed by atoms with E-state index in [-0.39, 0.29) is 17.9 Å². The van der Waals surface area contributed by atoms with E-state index in [0.717, 1.165) is 19.4 Å². The fourth-order valence-electron chi connectivity index (χ4n) is 2.27. The highest BCUT2D eigenvalue weighted by molar-refractivity contribution is 5.79. The Morgan fingerprint density at radius 3 is 2.15 bits per heavy atom. The molecule has 0 aliphatic rings. The van der Waals surface area contributed by atoms with Gasteiger partial charge in [-0.05, 0) is 24.8 Å². The van der Waals surface area contributed by atoms with Crippen molar-refractivity contribution < 1.29 is 4.79 Å². The number of amides is 1. The summed E-state index contributed by atoms with van der Waals surface area (Å²) in [5.41, 5.74) is 1.22. The molecular weight excluding hydrogens is 246 g/mol. The summed E-state index contributed by atoms with van der Waals surface area (Å²) < 4.78 is 0. The molecule has 1 amide bonds. The lowest BCUT2D eigenvalue weighted by Crippen LogP contribution is -2.39. The average molecular weight is 275 g/mol. The van der Waals surface area contributed by atoms with Gasteiger partial charge in [0.15, 0.2) is 0 Å². The lowest BCUT2D eigenvalue weighted by atomic mass is 10.00. The average Bonchev–Trinajstić information content (AvgIpc) is 2.50. The largest absolute Gasteiger partial charge is 0.335 e. The van der Waals surface area contributed by atoms with Crippen molar-refractivity contribution in [1.82, 2.24) is 4.90 Å². The Bertz CT molecular complexity index is 401. The van der Waals surface area contributed by atoms with Crippen LogP contribution in [-0.2, 0) is 4.79 Å². The SMILES string of the molecule is CCC(C)CN(C(=O)[C@@H](C)CC)[C@H](C)c1ccccc1. The highest BCUT2D eigenvalue weighted by Crippen LogP contribution is 2.24. The van der Waals surface area contributed by atoms with Crippen LogP contribution in [0.2, 0.25) is 0 Å². The molecule has 20 heavy (non-hydrogen) atoms. The van der Waals surface area contributed by atoms with Crippen molar-refractivity contribution in [2.75, 3.05) is 6.54 Å². The molecule has 0 bridgehead atoms. The van der Waals surface area contributed by atoms with Crippen LogP contribution in [-0.4, -0.2) is 17.4 Å². The van der Waals surface area contributed by atoms with Crippen LogP contribution in [0.1, 0.15) is 59.1 Å². The van der Waals surface area contributed by atoms with Crippen LogP contribution in [0, 0.1) is 11.8 Å². The first-order chi connectivity index (χ1) is 9.51. The van der Waals surface area contributed by atoms with Gasteiger partial charge in [-0.1, -0.05) is 64.4 Å². The minimum absolute atomic E-state index is 0.102. The van der Waals surface area contributed by atoms with E-state index in [2.05, 4.69) is 44.7 Å². The molecule has 0 fully saturated rings. The summed E-state index contributed by atoms with van der Waals surface area (Å²) in [5.74, 6) is 0.920. The van der Waals surface area contributed by atoms with Gasteiger partial charge in [0.1, 0.15) is 0 Å². The van der Waals surface area contributed by atoms with E-state index in [9.17, 15) is 4.79 Å². The molecule has 3 atom stereocenters. The summed E-state index contributed by atoms with van der Waals surface area (Å²) >= 11 is 0. The first-order valence-corrected chi connectivity index (χ1v) is 7.86. The van der Waals surface area contributed by atoms with Gasteiger partial charge >= 0.3 is 0 Å². The van der Waals surface area contributed by atoms with E-state index >= 15 is 0 Å². The predicted octanol–water partition coefficient (Wildman–Crippen LogP) is 4.67. The minimum atomic E-state index is 0.102. The van der Waals surface area contributed by atoms with Crippen LogP contribution in [0.25, 0.3) is 0 Å². The second-order valence-corrected chi connectivity index (χ2v) is 5.90. The Balaban J connectivity index is 2.94. The molecule has 0 N–H and O–H groups in total. The van der Waals surface area contributed by atoms with Gasteiger partial charge < -0.3 is 4.90 Å². The van der Waals surface area contributed by atoms with E-state index in [1.54, 1.807) is 0 Å². The van der Waals surface area contributed by atoms with Crippen LogP contribution in [0.15, 0.2) is 30.3 Å². The zero-order valence-electron chi connectivity index (χ0n) is 13.6. The van der Waals surface area contributed by atoms with Gasteiger partial charge in [0.25, 0.3) is 0 Å². The lowest BCUT2D eigenvalue weighted by Gasteiger charge is -2.33. The maximum atomic E-state index is 12.7. The second-order valence-electron chi connectivity index (χ2n) is 5.90. The third kappa shape index (κ3) is 4.36. The van der Waals surface area contributed by atoms with Gasteiger partial charge in [0, 0.05) is 12.5 Å². The van der Waals surface area contributed by atoms with E-state index in [1.807, 2.05) is 25.1 Å². The van der Waals surface area contributed by atoms with Crippen LogP contribution in [0.5, 0.6) is 0 Å². The number of carbonyl (C=O) groups is 1. The Morgan fingerprint density at radius 1 is 1.05 bits per heavy atom. The van der Waals surface area contributed by atoms with Gasteiger partial charge in [-0.25, -0.2) is 0 Å². The topological polar surface area (TPSA) is 20.3 Å². The van der Waals surface area contributed by atoms with Crippen LogP contribution in [0.4, 0.5) is 0 Å². The summed E-state index contributed by atoms with van der Waals surface area (Å²) in [6.07, 6.45) is 2.00.